The molecule has 0 unspecified atom stereocenters. The monoisotopic (exact) mass is 430 g/mol. The smallest absolute Gasteiger partial charge is 0.254 e. The molecule has 3 aromatic rings. The summed E-state index contributed by atoms with van der Waals surface area (Å²) in [4.78, 5) is 31.1. The van der Waals surface area contributed by atoms with Crippen molar-refractivity contribution in [1.82, 2.24) is 24.6 Å². The van der Waals surface area contributed by atoms with Gasteiger partial charge in [0.2, 0.25) is 5.91 Å². The van der Waals surface area contributed by atoms with Gasteiger partial charge >= 0.3 is 0 Å². The van der Waals surface area contributed by atoms with Crippen molar-refractivity contribution < 1.29 is 9.59 Å². The molecule has 1 aromatic carbocycles. The lowest BCUT2D eigenvalue weighted by molar-refractivity contribution is -0.113. The number of benzene rings is 1. The van der Waals surface area contributed by atoms with Crippen LogP contribution in [-0.2, 0) is 24.8 Å². The van der Waals surface area contributed by atoms with E-state index in [0.717, 1.165) is 17.1 Å². The number of hydrogen-bond donors (Lipinski definition) is 1. The summed E-state index contributed by atoms with van der Waals surface area (Å²) >= 11 is 2.90. The van der Waals surface area contributed by atoms with Gasteiger partial charge in [0.1, 0.15) is 6.33 Å². The first-order chi connectivity index (χ1) is 14.0. The SMILES string of the molecule is CCc1nc(CN(C)C(=O)c2cccc(NC(=O)CSc3nncn3C)c2)cs1. The highest BCUT2D eigenvalue weighted by molar-refractivity contribution is 7.99. The van der Waals surface area contributed by atoms with Crippen LogP contribution in [0.5, 0.6) is 0 Å². The molecule has 0 atom stereocenters. The van der Waals surface area contributed by atoms with Crippen molar-refractivity contribution in [2.24, 2.45) is 7.05 Å². The Bertz CT molecular complexity index is 1000. The largest absolute Gasteiger partial charge is 0.336 e. The zero-order valence-electron chi connectivity index (χ0n) is 16.5. The minimum atomic E-state index is -0.175. The highest BCUT2D eigenvalue weighted by Gasteiger charge is 2.15. The molecule has 0 radical (unpaired) electrons. The van der Waals surface area contributed by atoms with Gasteiger partial charge in [0.05, 0.1) is 23.0 Å². The van der Waals surface area contributed by atoms with Gasteiger partial charge in [-0.25, -0.2) is 4.98 Å². The van der Waals surface area contributed by atoms with Crippen LogP contribution in [0.25, 0.3) is 0 Å². The highest BCUT2D eigenvalue weighted by Crippen LogP contribution is 2.17. The number of thiazole rings is 1. The molecule has 0 fully saturated rings. The van der Waals surface area contributed by atoms with Gasteiger partial charge in [-0.3, -0.25) is 9.59 Å². The van der Waals surface area contributed by atoms with Crippen molar-refractivity contribution in [1.29, 1.82) is 0 Å². The Labute approximate surface area is 177 Å². The number of aryl methyl sites for hydroxylation is 2. The number of nitrogens with zero attached hydrogens (tertiary/aromatic N) is 5. The molecule has 2 aromatic heterocycles. The summed E-state index contributed by atoms with van der Waals surface area (Å²) in [6, 6.07) is 6.93. The lowest BCUT2D eigenvalue weighted by Crippen LogP contribution is -2.26. The number of nitrogens with one attached hydrogen (secondary N) is 1. The first-order valence-corrected chi connectivity index (χ1v) is 10.9. The molecule has 0 bridgehead atoms. The average Bonchev–Trinajstić information content (AvgIpc) is 3.34. The van der Waals surface area contributed by atoms with Crippen molar-refractivity contribution in [3.8, 4) is 0 Å². The normalized spacial score (nSPS) is 10.7. The number of amides is 2. The minimum absolute atomic E-state index is 0.124. The number of thioether (sulfide) groups is 1. The van der Waals surface area contributed by atoms with Crippen LogP contribution in [0, 0.1) is 0 Å². The maximum Gasteiger partial charge on any atom is 0.254 e. The van der Waals surface area contributed by atoms with Crippen molar-refractivity contribution in [3.05, 3.63) is 52.2 Å². The van der Waals surface area contributed by atoms with Crippen LogP contribution in [0.2, 0.25) is 0 Å². The van der Waals surface area contributed by atoms with Gasteiger partial charge in [-0.15, -0.1) is 21.5 Å². The van der Waals surface area contributed by atoms with Gasteiger partial charge in [-0.1, -0.05) is 24.8 Å². The lowest BCUT2D eigenvalue weighted by atomic mass is 10.1. The van der Waals surface area contributed by atoms with Crippen LogP contribution in [-0.4, -0.2) is 49.3 Å². The molecule has 0 aliphatic rings. The standard InChI is InChI=1S/C19H22N6O2S2/c1-4-17-22-15(10-28-17)9-24(2)18(27)13-6-5-7-14(8-13)21-16(26)11-29-19-23-20-12-25(19)3/h5-8,10,12H,4,9,11H2,1-3H3,(H,21,26). The molecule has 1 N–H and O–H groups in total. The molecule has 2 heterocycles. The summed E-state index contributed by atoms with van der Waals surface area (Å²) in [6.45, 7) is 2.50. The summed E-state index contributed by atoms with van der Waals surface area (Å²) in [6.07, 6.45) is 2.47. The molecular weight excluding hydrogens is 408 g/mol. The fourth-order valence-electron chi connectivity index (χ4n) is 2.58. The molecule has 152 valence electrons. The molecule has 0 spiro atoms. The van der Waals surface area contributed by atoms with E-state index in [1.807, 2.05) is 12.4 Å². The minimum Gasteiger partial charge on any atom is -0.336 e. The van der Waals surface area contributed by atoms with E-state index >= 15 is 0 Å². The van der Waals surface area contributed by atoms with Crippen LogP contribution < -0.4 is 5.32 Å². The Kier molecular flexibility index (Phi) is 6.99. The first-order valence-electron chi connectivity index (χ1n) is 9.01. The van der Waals surface area contributed by atoms with E-state index in [1.165, 1.54) is 11.8 Å². The van der Waals surface area contributed by atoms with Crippen molar-refractivity contribution in [2.75, 3.05) is 18.1 Å². The Morgan fingerprint density at radius 1 is 1.34 bits per heavy atom. The van der Waals surface area contributed by atoms with Gasteiger partial charge in [-0.05, 0) is 24.6 Å². The van der Waals surface area contributed by atoms with E-state index in [9.17, 15) is 9.59 Å². The molecule has 3 rings (SSSR count). The second-order valence-corrected chi connectivity index (χ2v) is 8.27. The Balaban J connectivity index is 1.58. The van der Waals surface area contributed by atoms with Crippen molar-refractivity contribution >= 4 is 40.6 Å². The quantitative estimate of drug-likeness (QED) is 0.553. The van der Waals surface area contributed by atoms with Crippen LogP contribution in [0.3, 0.4) is 0 Å². The van der Waals surface area contributed by atoms with Gasteiger partial charge in [0.25, 0.3) is 5.91 Å². The summed E-state index contributed by atoms with van der Waals surface area (Å²) in [5.74, 6) is -0.0973. The number of aromatic nitrogens is 4. The number of carbonyl (C=O) groups excluding carboxylic acids is 2. The number of hydrogen-bond acceptors (Lipinski definition) is 7. The fourth-order valence-corrected chi connectivity index (χ4v) is 4.00. The first kappa shape index (κ1) is 21.0. The summed E-state index contributed by atoms with van der Waals surface area (Å²) in [7, 11) is 3.57. The molecular formula is C19H22N6O2S2. The molecule has 8 nitrogen and oxygen atoms in total. The third-order valence-electron chi connectivity index (χ3n) is 4.04. The van der Waals surface area contributed by atoms with Crippen LogP contribution in [0.4, 0.5) is 5.69 Å². The van der Waals surface area contributed by atoms with E-state index < -0.39 is 0 Å². The van der Waals surface area contributed by atoms with Gasteiger partial charge in [0.15, 0.2) is 5.16 Å². The van der Waals surface area contributed by atoms with Crippen LogP contribution >= 0.6 is 23.1 Å². The molecule has 0 saturated carbocycles. The van der Waals surface area contributed by atoms with Gasteiger partial charge < -0.3 is 14.8 Å². The van der Waals surface area contributed by atoms with E-state index in [1.54, 1.807) is 58.4 Å². The summed E-state index contributed by atoms with van der Waals surface area (Å²) < 4.78 is 1.75. The molecule has 0 aliphatic heterocycles. The second-order valence-electron chi connectivity index (χ2n) is 6.39. The fraction of sp³-hybridized carbons (Fsp3) is 0.316. The van der Waals surface area contributed by atoms with E-state index in [2.05, 4.69) is 27.4 Å². The number of rotatable bonds is 8. The number of carbonyl (C=O) groups is 2. The lowest BCUT2D eigenvalue weighted by Gasteiger charge is -2.16. The third kappa shape index (κ3) is 5.64. The van der Waals surface area contributed by atoms with Gasteiger partial charge in [-0.2, -0.15) is 0 Å². The van der Waals surface area contributed by atoms with E-state index in [-0.39, 0.29) is 17.6 Å². The zero-order valence-corrected chi connectivity index (χ0v) is 18.1. The van der Waals surface area contributed by atoms with Crippen LogP contribution in [0.15, 0.2) is 41.1 Å². The Morgan fingerprint density at radius 2 is 2.17 bits per heavy atom. The maximum atomic E-state index is 12.7. The predicted molar refractivity (Wildman–Crippen MR) is 114 cm³/mol. The van der Waals surface area contributed by atoms with Gasteiger partial charge in [0, 0.05) is 30.7 Å². The molecule has 0 aliphatic carbocycles. The molecule has 0 saturated heterocycles. The van der Waals surface area contributed by atoms with E-state index in [0.29, 0.717) is 23.0 Å². The second kappa shape index (κ2) is 9.66. The maximum absolute atomic E-state index is 12.7. The highest BCUT2D eigenvalue weighted by atomic mass is 32.2. The zero-order chi connectivity index (χ0) is 20.8. The Morgan fingerprint density at radius 3 is 2.86 bits per heavy atom. The third-order valence-corrected chi connectivity index (χ3v) is 6.12. The molecule has 29 heavy (non-hydrogen) atoms. The van der Waals surface area contributed by atoms with Crippen molar-refractivity contribution in [3.63, 3.8) is 0 Å². The number of anilines is 1. The van der Waals surface area contributed by atoms with Crippen molar-refractivity contribution in [2.45, 2.75) is 25.0 Å². The Hall–Kier alpha value is -2.72. The predicted octanol–water partition coefficient (Wildman–Crippen LogP) is 2.84. The van der Waals surface area contributed by atoms with E-state index in [4.69, 9.17) is 0 Å². The topological polar surface area (TPSA) is 93.0 Å². The summed E-state index contributed by atoms with van der Waals surface area (Å²) in [5.41, 5.74) is 1.97. The average molecular weight is 431 g/mol. The van der Waals surface area contributed by atoms with Crippen LogP contribution in [0.1, 0.15) is 28.0 Å². The molecule has 2 amide bonds. The summed E-state index contributed by atoms with van der Waals surface area (Å²) in [5, 5.41) is 14.2. The molecule has 10 heteroatoms.